The molecule has 0 radical (unpaired) electrons. The minimum absolute atomic E-state index is 0.115. The summed E-state index contributed by atoms with van der Waals surface area (Å²) in [5, 5.41) is 30.6. The lowest BCUT2D eigenvalue weighted by Gasteiger charge is -2.37. The second-order valence-corrected chi connectivity index (χ2v) is 5.98. The molecular formula is C18H17ClN6O. The number of rotatable bonds is 4. The summed E-state index contributed by atoms with van der Waals surface area (Å²) in [6.07, 6.45) is 0.473. The predicted octanol–water partition coefficient (Wildman–Crippen LogP) is 2.64. The van der Waals surface area contributed by atoms with Gasteiger partial charge in [-0.05, 0) is 12.1 Å². The molecule has 0 atom stereocenters. The van der Waals surface area contributed by atoms with E-state index in [9.17, 15) is 10.1 Å². The number of nitriles is 3. The average molecular weight is 369 g/mol. The summed E-state index contributed by atoms with van der Waals surface area (Å²) in [7, 11) is 0. The van der Waals surface area contributed by atoms with Crippen LogP contribution in [0.15, 0.2) is 29.5 Å². The zero-order chi connectivity index (χ0) is 19.1. The van der Waals surface area contributed by atoms with E-state index in [1.165, 1.54) is 0 Å². The standard InChI is InChI=1S/C18H17ClN6O/c1-2-17(26)24-6-8-25(9-7-24)18-14(19)4-3-5-15(18)23-16(12-22)13(10-20)11-21/h3-5,23H,2,6-9H2,1H3. The molecule has 2 rings (SSSR count). The second kappa shape index (κ2) is 8.76. The third kappa shape index (κ3) is 4.06. The zero-order valence-electron chi connectivity index (χ0n) is 14.3. The van der Waals surface area contributed by atoms with E-state index in [1.54, 1.807) is 30.3 Å². The first-order valence-corrected chi connectivity index (χ1v) is 8.46. The molecule has 1 heterocycles. The molecule has 1 saturated heterocycles. The first kappa shape index (κ1) is 19.1. The van der Waals surface area contributed by atoms with Crippen LogP contribution in [-0.2, 0) is 4.79 Å². The Morgan fingerprint density at radius 2 is 1.81 bits per heavy atom. The van der Waals surface area contributed by atoms with Crippen molar-refractivity contribution in [3.8, 4) is 18.2 Å². The van der Waals surface area contributed by atoms with Gasteiger partial charge in [0, 0.05) is 32.6 Å². The first-order valence-electron chi connectivity index (χ1n) is 8.08. The molecule has 1 aliphatic rings. The van der Waals surface area contributed by atoms with E-state index in [0.717, 1.165) is 0 Å². The van der Waals surface area contributed by atoms with Crippen molar-refractivity contribution in [1.82, 2.24) is 4.90 Å². The summed E-state index contributed by atoms with van der Waals surface area (Å²) in [6.45, 7) is 4.20. The number of para-hydroxylation sites is 1. The summed E-state index contributed by atoms with van der Waals surface area (Å²) < 4.78 is 0. The third-order valence-electron chi connectivity index (χ3n) is 4.08. The Kier molecular flexibility index (Phi) is 6.44. The predicted molar refractivity (Wildman–Crippen MR) is 98.0 cm³/mol. The maximum atomic E-state index is 11.8. The summed E-state index contributed by atoms with van der Waals surface area (Å²) in [4.78, 5) is 15.7. The smallest absolute Gasteiger partial charge is 0.222 e. The number of hydrogen-bond acceptors (Lipinski definition) is 6. The van der Waals surface area contributed by atoms with Crippen molar-refractivity contribution in [1.29, 1.82) is 15.8 Å². The Morgan fingerprint density at radius 3 is 2.35 bits per heavy atom. The second-order valence-electron chi connectivity index (χ2n) is 5.57. The van der Waals surface area contributed by atoms with Crippen molar-refractivity contribution in [2.24, 2.45) is 0 Å². The Labute approximate surface area is 157 Å². The first-order chi connectivity index (χ1) is 12.5. The molecule has 7 nitrogen and oxygen atoms in total. The van der Waals surface area contributed by atoms with Crippen molar-refractivity contribution >= 4 is 28.9 Å². The highest BCUT2D eigenvalue weighted by Gasteiger charge is 2.23. The quantitative estimate of drug-likeness (QED) is 0.818. The van der Waals surface area contributed by atoms with Crippen LogP contribution in [0.3, 0.4) is 0 Å². The van der Waals surface area contributed by atoms with Crippen LogP contribution >= 0.6 is 11.6 Å². The molecule has 0 aromatic heterocycles. The van der Waals surface area contributed by atoms with E-state index >= 15 is 0 Å². The Bertz CT molecular complexity index is 834. The number of anilines is 2. The van der Waals surface area contributed by atoms with Gasteiger partial charge in [0.1, 0.15) is 23.9 Å². The van der Waals surface area contributed by atoms with Gasteiger partial charge in [-0.1, -0.05) is 24.6 Å². The molecule has 1 N–H and O–H groups in total. The van der Waals surface area contributed by atoms with Crippen LogP contribution in [0.25, 0.3) is 0 Å². The molecule has 0 saturated carbocycles. The fraction of sp³-hybridized carbons (Fsp3) is 0.333. The van der Waals surface area contributed by atoms with Gasteiger partial charge in [-0.25, -0.2) is 0 Å². The Balaban J connectivity index is 2.31. The summed E-state index contributed by atoms with van der Waals surface area (Å²) >= 11 is 6.37. The number of piperazine rings is 1. The van der Waals surface area contributed by atoms with Crippen LogP contribution in [0.4, 0.5) is 11.4 Å². The van der Waals surface area contributed by atoms with Gasteiger partial charge in [-0.3, -0.25) is 4.79 Å². The normalized spacial score (nSPS) is 13.2. The molecular weight excluding hydrogens is 352 g/mol. The van der Waals surface area contributed by atoms with Crippen LogP contribution in [0.1, 0.15) is 13.3 Å². The van der Waals surface area contributed by atoms with Crippen molar-refractivity contribution in [3.05, 3.63) is 34.5 Å². The summed E-state index contributed by atoms with van der Waals surface area (Å²) in [5.74, 6) is 0.115. The van der Waals surface area contributed by atoms with Crippen LogP contribution < -0.4 is 10.2 Å². The molecule has 8 heteroatoms. The van der Waals surface area contributed by atoms with E-state index in [4.69, 9.17) is 22.1 Å². The number of allylic oxidation sites excluding steroid dienone is 2. The molecule has 1 aromatic rings. The van der Waals surface area contributed by atoms with Gasteiger partial charge in [0.25, 0.3) is 0 Å². The zero-order valence-corrected chi connectivity index (χ0v) is 15.0. The monoisotopic (exact) mass is 368 g/mol. The van der Waals surface area contributed by atoms with Gasteiger partial charge >= 0.3 is 0 Å². The van der Waals surface area contributed by atoms with Crippen molar-refractivity contribution < 1.29 is 4.79 Å². The van der Waals surface area contributed by atoms with Crippen LogP contribution in [0, 0.1) is 34.0 Å². The van der Waals surface area contributed by atoms with E-state index in [0.29, 0.717) is 49.0 Å². The van der Waals surface area contributed by atoms with Gasteiger partial charge in [0.05, 0.1) is 16.4 Å². The fourth-order valence-corrected chi connectivity index (χ4v) is 3.05. The highest BCUT2D eigenvalue weighted by molar-refractivity contribution is 6.34. The summed E-state index contributed by atoms with van der Waals surface area (Å²) in [5.41, 5.74) is 0.795. The van der Waals surface area contributed by atoms with Crippen molar-refractivity contribution in [3.63, 3.8) is 0 Å². The minimum Gasteiger partial charge on any atom is -0.365 e. The molecule has 0 spiro atoms. The van der Waals surface area contributed by atoms with E-state index in [1.807, 2.05) is 22.8 Å². The lowest BCUT2D eigenvalue weighted by atomic mass is 10.2. The maximum absolute atomic E-state index is 11.8. The van der Waals surface area contributed by atoms with Crippen LogP contribution in [-0.4, -0.2) is 37.0 Å². The number of nitrogens with one attached hydrogen (secondary N) is 1. The molecule has 1 fully saturated rings. The highest BCUT2D eigenvalue weighted by atomic mass is 35.5. The highest BCUT2D eigenvalue weighted by Crippen LogP contribution is 2.35. The van der Waals surface area contributed by atoms with Gasteiger partial charge < -0.3 is 15.1 Å². The van der Waals surface area contributed by atoms with E-state index in [-0.39, 0.29) is 17.2 Å². The molecule has 0 aliphatic carbocycles. The van der Waals surface area contributed by atoms with Crippen LogP contribution in [0.2, 0.25) is 5.02 Å². The molecule has 132 valence electrons. The van der Waals surface area contributed by atoms with E-state index < -0.39 is 0 Å². The molecule has 1 aromatic carbocycles. The number of halogens is 1. The number of hydrogen-bond donors (Lipinski definition) is 1. The molecule has 1 aliphatic heterocycles. The topological polar surface area (TPSA) is 107 Å². The van der Waals surface area contributed by atoms with Crippen LogP contribution in [0.5, 0.6) is 0 Å². The lowest BCUT2D eigenvalue weighted by Crippen LogP contribution is -2.48. The fourth-order valence-electron chi connectivity index (χ4n) is 2.76. The molecule has 0 bridgehead atoms. The number of amides is 1. The molecule has 1 amide bonds. The Hall–Kier alpha value is -3.21. The number of carbonyl (C=O) groups is 1. The lowest BCUT2D eigenvalue weighted by molar-refractivity contribution is -0.131. The third-order valence-corrected chi connectivity index (χ3v) is 4.39. The largest absolute Gasteiger partial charge is 0.365 e. The van der Waals surface area contributed by atoms with E-state index in [2.05, 4.69) is 5.32 Å². The molecule has 0 unspecified atom stereocenters. The number of nitrogens with zero attached hydrogens (tertiary/aromatic N) is 5. The van der Waals surface area contributed by atoms with Gasteiger partial charge in [-0.2, -0.15) is 15.8 Å². The SMILES string of the molecule is CCC(=O)N1CCN(c2c(Cl)cccc2NC(C#N)=C(C#N)C#N)CC1. The van der Waals surface area contributed by atoms with Crippen molar-refractivity contribution in [2.45, 2.75) is 13.3 Å². The van der Waals surface area contributed by atoms with Gasteiger partial charge in [0.15, 0.2) is 5.57 Å². The Morgan fingerprint density at radius 1 is 1.15 bits per heavy atom. The number of carbonyl (C=O) groups excluding carboxylic acids is 1. The minimum atomic E-state index is -0.295. The average Bonchev–Trinajstić information content (AvgIpc) is 2.67. The van der Waals surface area contributed by atoms with Crippen molar-refractivity contribution in [2.75, 3.05) is 36.4 Å². The van der Waals surface area contributed by atoms with Gasteiger partial charge in [-0.15, -0.1) is 0 Å². The van der Waals surface area contributed by atoms with Gasteiger partial charge in [0.2, 0.25) is 5.91 Å². The number of benzene rings is 1. The maximum Gasteiger partial charge on any atom is 0.222 e. The molecule has 26 heavy (non-hydrogen) atoms. The summed E-state index contributed by atoms with van der Waals surface area (Å²) in [6, 6.07) is 10.4.